The molecule has 4 nitrogen and oxygen atoms in total. The molecule has 1 aromatic heterocycles. The number of aryl methyl sites for hydroxylation is 3. The van der Waals surface area contributed by atoms with Crippen molar-refractivity contribution < 1.29 is 0 Å². The first-order valence-corrected chi connectivity index (χ1v) is 9.27. The first kappa shape index (κ1) is 18.7. The number of unbranched alkanes of at least 4 members (excludes halogenated alkanes) is 2. The minimum Gasteiger partial charge on any atom is -0.369 e. The molecule has 2 rings (SSSR count). The van der Waals surface area contributed by atoms with E-state index in [-0.39, 0.29) is 0 Å². The first-order chi connectivity index (χ1) is 11.5. The average molecular weight is 329 g/mol. The number of nitrogens with zero attached hydrogens (tertiary/aromatic N) is 3. The topological polar surface area (TPSA) is 41.0 Å². The van der Waals surface area contributed by atoms with Gasteiger partial charge >= 0.3 is 0 Å². The molecule has 24 heavy (non-hydrogen) atoms. The quantitative estimate of drug-likeness (QED) is 0.689. The Morgan fingerprint density at radius 2 is 1.62 bits per heavy atom. The third kappa shape index (κ3) is 4.91. The number of anilines is 1. The van der Waals surface area contributed by atoms with Crippen LogP contribution in [0.15, 0.2) is 12.1 Å². The molecule has 0 saturated heterocycles. The molecule has 0 fully saturated rings. The maximum absolute atomic E-state index is 4.61. The van der Waals surface area contributed by atoms with Gasteiger partial charge in [0.1, 0.15) is 11.6 Å². The Balaban J connectivity index is 1.92. The predicted octanol–water partition coefficient (Wildman–Crippen LogP) is 4.48. The Labute approximate surface area is 146 Å². The van der Waals surface area contributed by atoms with Gasteiger partial charge in [-0.25, -0.2) is 9.97 Å². The lowest BCUT2D eigenvalue weighted by atomic mass is 10.1. The van der Waals surface area contributed by atoms with Gasteiger partial charge in [0.2, 0.25) is 0 Å². The number of benzene rings is 1. The van der Waals surface area contributed by atoms with E-state index in [4.69, 9.17) is 0 Å². The number of fused-ring (bicyclic) bond motifs is 1. The smallest absolute Gasteiger partial charge is 0.137 e. The van der Waals surface area contributed by atoms with Gasteiger partial charge in [-0.2, -0.15) is 0 Å². The third-order valence-electron chi connectivity index (χ3n) is 4.76. The summed E-state index contributed by atoms with van der Waals surface area (Å²) in [5, 5.41) is 4.66. The van der Waals surface area contributed by atoms with Crippen molar-refractivity contribution in [2.75, 3.05) is 31.5 Å². The van der Waals surface area contributed by atoms with Gasteiger partial charge < -0.3 is 10.2 Å². The van der Waals surface area contributed by atoms with Crippen LogP contribution in [-0.4, -0.2) is 41.0 Å². The fourth-order valence-electron chi connectivity index (χ4n) is 3.02. The molecule has 0 radical (unpaired) electrons. The van der Waals surface area contributed by atoms with Crippen LogP contribution in [0, 0.1) is 20.8 Å². The standard InChI is InChI=1S/C20H32N4/c1-6-24(7-2)12-10-8-9-11-21-20-18-13-15(3)16(4)14-19(18)22-17(5)23-20/h13-14H,6-12H2,1-5H3,(H,21,22,23). The molecule has 1 aromatic carbocycles. The molecular weight excluding hydrogens is 296 g/mol. The Morgan fingerprint density at radius 1 is 0.917 bits per heavy atom. The molecule has 2 aromatic rings. The molecule has 1 N–H and O–H groups in total. The highest BCUT2D eigenvalue weighted by Crippen LogP contribution is 2.24. The molecule has 4 heteroatoms. The van der Waals surface area contributed by atoms with Crippen LogP contribution in [0.4, 0.5) is 5.82 Å². The van der Waals surface area contributed by atoms with Gasteiger partial charge in [0.15, 0.2) is 0 Å². The number of hydrogen-bond acceptors (Lipinski definition) is 4. The zero-order valence-electron chi connectivity index (χ0n) is 15.9. The van der Waals surface area contributed by atoms with Crippen molar-refractivity contribution in [1.29, 1.82) is 0 Å². The molecule has 0 aliphatic heterocycles. The molecule has 0 saturated carbocycles. The van der Waals surface area contributed by atoms with Crippen molar-refractivity contribution in [1.82, 2.24) is 14.9 Å². The van der Waals surface area contributed by atoms with Gasteiger partial charge in [0.25, 0.3) is 0 Å². The number of nitrogens with one attached hydrogen (secondary N) is 1. The number of rotatable bonds is 9. The SMILES string of the molecule is CCN(CC)CCCCCNc1nc(C)nc2cc(C)c(C)cc12. The van der Waals surface area contributed by atoms with Crippen LogP contribution in [0.3, 0.4) is 0 Å². The Kier molecular flexibility index (Phi) is 6.98. The van der Waals surface area contributed by atoms with Crippen molar-refractivity contribution in [3.05, 3.63) is 29.1 Å². The molecule has 132 valence electrons. The second-order valence-corrected chi connectivity index (χ2v) is 6.59. The minimum absolute atomic E-state index is 0.829. The summed E-state index contributed by atoms with van der Waals surface area (Å²) in [6.07, 6.45) is 3.70. The van der Waals surface area contributed by atoms with Crippen molar-refractivity contribution in [2.45, 2.75) is 53.9 Å². The third-order valence-corrected chi connectivity index (χ3v) is 4.76. The lowest BCUT2D eigenvalue weighted by Crippen LogP contribution is -2.23. The molecule has 1 heterocycles. The maximum Gasteiger partial charge on any atom is 0.137 e. The van der Waals surface area contributed by atoms with Crippen LogP contribution in [0.25, 0.3) is 10.9 Å². The van der Waals surface area contributed by atoms with E-state index in [9.17, 15) is 0 Å². The predicted molar refractivity (Wildman–Crippen MR) is 104 cm³/mol. The highest BCUT2D eigenvalue weighted by Gasteiger charge is 2.07. The molecule has 0 unspecified atom stereocenters. The normalized spacial score (nSPS) is 11.4. The summed E-state index contributed by atoms with van der Waals surface area (Å²) >= 11 is 0. The lowest BCUT2D eigenvalue weighted by Gasteiger charge is -2.17. The highest BCUT2D eigenvalue weighted by molar-refractivity contribution is 5.90. The molecule has 0 bridgehead atoms. The monoisotopic (exact) mass is 328 g/mol. The Hall–Kier alpha value is -1.68. The zero-order chi connectivity index (χ0) is 17.5. The van der Waals surface area contributed by atoms with Crippen molar-refractivity contribution in [3.63, 3.8) is 0 Å². The van der Waals surface area contributed by atoms with Crippen LogP contribution in [-0.2, 0) is 0 Å². The summed E-state index contributed by atoms with van der Waals surface area (Å²) < 4.78 is 0. The van der Waals surface area contributed by atoms with Gasteiger partial charge in [-0.3, -0.25) is 0 Å². The number of aromatic nitrogens is 2. The van der Waals surface area contributed by atoms with Gasteiger partial charge in [0, 0.05) is 11.9 Å². The summed E-state index contributed by atoms with van der Waals surface area (Å²) in [6, 6.07) is 4.36. The molecule has 0 atom stereocenters. The Bertz CT molecular complexity index is 662. The van der Waals surface area contributed by atoms with E-state index in [1.807, 2.05) is 6.92 Å². The van der Waals surface area contributed by atoms with E-state index in [1.165, 1.54) is 36.9 Å². The summed E-state index contributed by atoms with van der Waals surface area (Å²) in [6.45, 7) is 15.2. The molecule has 0 amide bonds. The van der Waals surface area contributed by atoms with E-state index in [1.54, 1.807) is 0 Å². The van der Waals surface area contributed by atoms with Crippen molar-refractivity contribution in [2.24, 2.45) is 0 Å². The molecule has 0 aliphatic carbocycles. The second kappa shape index (κ2) is 8.97. The highest BCUT2D eigenvalue weighted by atomic mass is 15.1. The zero-order valence-corrected chi connectivity index (χ0v) is 15.9. The fourth-order valence-corrected chi connectivity index (χ4v) is 3.02. The summed E-state index contributed by atoms with van der Waals surface area (Å²) in [7, 11) is 0. The summed E-state index contributed by atoms with van der Waals surface area (Å²) in [4.78, 5) is 11.7. The first-order valence-electron chi connectivity index (χ1n) is 9.27. The second-order valence-electron chi connectivity index (χ2n) is 6.59. The van der Waals surface area contributed by atoms with E-state index < -0.39 is 0 Å². The van der Waals surface area contributed by atoms with Crippen LogP contribution >= 0.6 is 0 Å². The van der Waals surface area contributed by atoms with Gasteiger partial charge in [-0.15, -0.1) is 0 Å². The largest absolute Gasteiger partial charge is 0.369 e. The van der Waals surface area contributed by atoms with Gasteiger partial charge in [0.05, 0.1) is 5.52 Å². The van der Waals surface area contributed by atoms with E-state index in [2.05, 4.69) is 60.0 Å². The summed E-state index contributed by atoms with van der Waals surface area (Å²) in [5.74, 6) is 1.80. The lowest BCUT2D eigenvalue weighted by molar-refractivity contribution is 0.296. The van der Waals surface area contributed by atoms with Gasteiger partial charge in [-0.05, 0) is 76.5 Å². The fraction of sp³-hybridized carbons (Fsp3) is 0.600. The van der Waals surface area contributed by atoms with Crippen LogP contribution in [0.2, 0.25) is 0 Å². The van der Waals surface area contributed by atoms with Crippen molar-refractivity contribution >= 4 is 16.7 Å². The van der Waals surface area contributed by atoms with Crippen LogP contribution in [0.1, 0.15) is 50.1 Å². The van der Waals surface area contributed by atoms with E-state index >= 15 is 0 Å². The van der Waals surface area contributed by atoms with Gasteiger partial charge in [-0.1, -0.05) is 20.3 Å². The van der Waals surface area contributed by atoms with E-state index in [0.717, 1.165) is 42.2 Å². The van der Waals surface area contributed by atoms with Crippen molar-refractivity contribution in [3.8, 4) is 0 Å². The minimum atomic E-state index is 0.829. The number of hydrogen-bond donors (Lipinski definition) is 1. The summed E-state index contributed by atoms with van der Waals surface area (Å²) in [5.41, 5.74) is 3.61. The average Bonchev–Trinajstić information content (AvgIpc) is 2.56. The Morgan fingerprint density at radius 3 is 2.33 bits per heavy atom. The van der Waals surface area contributed by atoms with Crippen LogP contribution in [0.5, 0.6) is 0 Å². The molecular formula is C20H32N4. The maximum atomic E-state index is 4.61. The van der Waals surface area contributed by atoms with E-state index in [0.29, 0.717) is 0 Å². The molecule has 0 aliphatic rings. The van der Waals surface area contributed by atoms with Crippen LogP contribution < -0.4 is 5.32 Å². The molecule has 0 spiro atoms.